The molecule has 1 aliphatic rings. The Labute approximate surface area is 150 Å². The molecule has 7 nitrogen and oxygen atoms in total. The summed E-state index contributed by atoms with van der Waals surface area (Å²) in [6.45, 7) is 0. The summed E-state index contributed by atoms with van der Waals surface area (Å²) < 4.78 is 25.6. The fourth-order valence-corrected chi connectivity index (χ4v) is 4.11. The summed E-state index contributed by atoms with van der Waals surface area (Å²) in [6.07, 6.45) is 4.99. The Bertz CT molecular complexity index is 700. The van der Waals surface area contributed by atoms with Crippen molar-refractivity contribution in [1.29, 1.82) is 0 Å². The highest BCUT2D eigenvalue weighted by Crippen LogP contribution is 2.24. The maximum atomic E-state index is 12.3. The first kappa shape index (κ1) is 18.7. The quantitative estimate of drug-likeness (QED) is 0.788. The molecule has 0 heterocycles. The van der Waals surface area contributed by atoms with Crippen LogP contribution in [0.5, 0.6) is 0 Å². The van der Waals surface area contributed by atoms with E-state index in [0.29, 0.717) is 18.5 Å². The minimum atomic E-state index is -3.75. The monoisotopic (exact) mass is 417 g/mol. The first-order chi connectivity index (χ1) is 11.3. The SMILES string of the molecule is CS(=O)(=O)N(C(=O)NC(=O)Nc1ccc(Br)cc1)C1CCCCC1. The number of benzene rings is 1. The van der Waals surface area contributed by atoms with Gasteiger partial charge in [-0.25, -0.2) is 22.3 Å². The molecule has 4 amide bonds. The van der Waals surface area contributed by atoms with E-state index in [9.17, 15) is 18.0 Å². The largest absolute Gasteiger partial charge is 0.339 e. The van der Waals surface area contributed by atoms with Gasteiger partial charge in [-0.05, 0) is 37.1 Å². The topological polar surface area (TPSA) is 95.6 Å². The summed E-state index contributed by atoms with van der Waals surface area (Å²) in [7, 11) is -3.75. The Morgan fingerprint density at radius 3 is 2.25 bits per heavy atom. The summed E-state index contributed by atoms with van der Waals surface area (Å²) in [5.41, 5.74) is 0.493. The minimum absolute atomic E-state index is 0.394. The highest BCUT2D eigenvalue weighted by molar-refractivity contribution is 9.10. The Balaban J connectivity index is 2.03. The zero-order valence-electron chi connectivity index (χ0n) is 13.3. The number of halogens is 1. The minimum Gasteiger partial charge on any atom is -0.308 e. The van der Waals surface area contributed by atoms with E-state index in [1.165, 1.54) is 0 Å². The maximum absolute atomic E-state index is 12.3. The first-order valence-corrected chi connectivity index (χ1v) is 10.3. The number of carbonyl (C=O) groups is 2. The lowest BCUT2D eigenvalue weighted by Crippen LogP contribution is -2.51. The van der Waals surface area contributed by atoms with Crippen LogP contribution in [0.15, 0.2) is 28.7 Å². The summed E-state index contributed by atoms with van der Waals surface area (Å²) in [5.74, 6) is 0. The van der Waals surface area contributed by atoms with Gasteiger partial charge in [-0.1, -0.05) is 35.2 Å². The molecular formula is C15H20BrN3O4S. The number of anilines is 1. The van der Waals surface area contributed by atoms with Crippen LogP contribution >= 0.6 is 15.9 Å². The van der Waals surface area contributed by atoms with Crippen molar-refractivity contribution in [2.24, 2.45) is 0 Å². The second-order valence-electron chi connectivity index (χ2n) is 5.74. The third kappa shape index (κ3) is 5.20. The second-order valence-corrected chi connectivity index (χ2v) is 8.52. The van der Waals surface area contributed by atoms with Crippen molar-refractivity contribution in [3.8, 4) is 0 Å². The van der Waals surface area contributed by atoms with E-state index in [0.717, 1.165) is 34.3 Å². The molecule has 0 aromatic heterocycles. The molecule has 0 spiro atoms. The third-order valence-electron chi connectivity index (χ3n) is 3.79. The van der Waals surface area contributed by atoms with E-state index in [2.05, 4.69) is 26.6 Å². The molecule has 0 radical (unpaired) electrons. The van der Waals surface area contributed by atoms with Crippen molar-refractivity contribution in [3.63, 3.8) is 0 Å². The van der Waals surface area contributed by atoms with Gasteiger partial charge in [-0.2, -0.15) is 0 Å². The zero-order chi connectivity index (χ0) is 17.7. The van der Waals surface area contributed by atoms with E-state index in [4.69, 9.17) is 0 Å². The molecule has 9 heteroatoms. The van der Waals surface area contributed by atoms with E-state index >= 15 is 0 Å². The molecule has 1 aromatic rings. The van der Waals surface area contributed by atoms with Crippen LogP contribution in [0.25, 0.3) is 0 Å². The van der Waals surface area contributed by atoms with Crippen LogP contribution in [0, 0.1) is 0 Å². The molecule has 0 saturated heterocycles. The molecule has 0 atom stereocenters. The van der Waals surface area contributed by atoms with Gasteiger partial charge in [0.15, 0.2) is 0 Å². The predicted octanol–water partition coefficient (Wildman–Crippen LogP) is 3.28. The van der Waals surface area contributed by atoms with Gasteiger partial charge in [0.25, 0.3) is 0 Å². The molecule has 0 aliphatic heterocycles. The molecule has 0 unspecified atom stereocenters. The van der Waals surface area contributed by atoms with Crippen molar-refractivity contribution < 1.29 is 18.0 Å². The van der Waals surface area contributed by atoms with Crippen LogP contribution in [0.3, 0.4) is 0 Å². The zero-order valence-corrected chi connectivity index (χ0v) is 15.7. The molecule has 132 valence electrons. The summed E-state index contributed by atoms with van der Waals surface area (Å²) in [4.78, 5) is 24.3. The number of carbonyl (C=O) groups excluding carboxylic acids is 2. The number of imide groups is 1. The Morgan fingerprint density at radius 2 is 1.71 bits per heavy atom. The Kier molecular flexibility index (Phi) is 6.22. The summed E-state index contributed by atoms with van der Waals surface area (Å²) >= 11 is 3.28. The molecule has 0 bridgehead atoms. The summed E-state index contributed by atoms with van der Waals surface area (Å²) in [6, 6.07) is 4.71. The standard InChI is InChI=1S/C15H20BrN3O4S/c1-24(22,23)19(13-5-3-2-4-6-13)15(21)18-14(20)17-12-9-7-11(16)8-10-12/h7-10,13H,2-6H2,1H3,(H2,17,18,20,21). The average Bonchev–Trinajstić information content (AvgIpc) is 2.49. The molecule has 2 N–H and O–H groups in total. The van der Waals surface area contributed by atoms with Gasteiger partial charge in [0.1, 0.15) is 0 Å². The number of hydrogen-bond donors (Lipinski definition) is 2. The number of rotatable bonds is 3. The predicted molar refractivity (Wildman–Crippen MR) is 95.2 cm³/mol. The van der Waals surface area contributed by atoms with E-state index in [-0.39, 0.29) is 0 Å². The van der Waals surface area contributed by atoms with Crippen molar-refractivity contribution in [1.82, 2.24) is 9.62 Å². The van der Waals surface area contributed by atoms with Gasteiger partial charge in [-0.3, -0.25) is 5.32 Å². The first-order valence-electron chi connectivity index (χ1n) is 7.64. The average molecular weight is 418 g/mol. The maximum Gasteiger partial charge on any atom is 0.339 e. The lowest BCUT2D eigenvalue weighted by molar-refractivity contribution is 0.199. The molecule has 1 aliphatic carbocycles. The van der Waals surface area contributed by atoms with Gasteiger partial charge in [0, 0.05) is 16.2 Å². The van der Waals surface area contributed by atoms with Gasteiger partial charge in [-0.15, -0.1) is 0 Å². The van der Waals surface area contributed by atoms with Crippen LogP contribution in [-0.4, -0.2) is 37.1 Å². The molecule has 2 rings (SSSR count). The fraction of sp³-hybridized carbons (Fsp3) is 0.467. The van der Waals surface area contributed by atoms with Crippen LogP contribution in [0.2, 0.25) is 0 Å². The smallest absolute Gasteiger partial charge is 0.308 e. The fourth-order valence-electron chi connectivity index (χ4n) is 2.75. The Hall–Kier alpha value is -1.61. The van der Waals surface area contributed by atoms with Gasteiger partial charge in [0.05, 0.1) is 6.26 Å². The van der Waals surface area contributed by atoms with Crippen molar-refractivity contribution in [3.05, 3.63) is 28.7 Å². The van der Waals surface area contributed by atoms with Gasteiger partial charge >= 0.3 is 12.1 Å². The van der Waals surface area contributed by atoms with Crippen LogP contribution in [0.4, 0.5) is 15.3 Å². The van der Waals surface area contributed by atoms with Crippen molar-refractivity contribution >= 4 is 43.7 Å². The number of nitrogens with one attached hydrogen (secondary N) is 2. The Morgan fingerprint density at radius 1 is 1.12 bits per heavy atom. The van der Waals surface area contributed by atoms with E-state index in [1.54, 1.807) is 24.3 Å². The second kappa shape index (κ2) is 7.98. The highest BCUT2D eigenvalue weighted by atomic mass is 79.9. The van der Waals surface area contributed by atoms with Crippen LogP contribution < -0.4 is 10.6 Å². The lowest BCUT2D eigenvalue weighted by Gasteiger charge is -2.32. The van der Waals surface area contributed by atoms with Gasteiger partial charge < -0.3 is 5.32 Å². The lowest BCUT2D eigenvalue weighted by atomic mass is 9.96. The van der Waals surface area contributed by atoms with Crippen molar-refractivity contribution in [2.45, 2.75) is 38.1 Å². The van der Waals surface area contributed by atoms with E-state index < -0.39 is 28.1 Å². The number of urea groups is 2. The van der Waals surface area contributed by atoms with Crippen LogP contribution in [-0.2, 0) is 10.0 Å². The molecule has 1 aromatic carbocycles. The summed E-state index contributed by atoms with van der Waals surface area (Å²) in [5, 5.41) is 4.59. The normalized spacial score (nSPS) is 15.6. The molecule has 1 saturated carbocycles. The molecule has 1 fully saturated rings. The number of amides is 4. The molecule has 24 heavy (non-hydrogen) atoms. The van der Waals surface area contributed by atoms with E-state index in [1.807, 2.05) is 0 Å². The number of hydrogen-bond acceptors (Lipinski definition) is 4. The van der Waals surface area contributed by atoms with Crippen LogP contribution in [0.1, 0.15) is 32.1 Å². The van der Waals surface area contributed by atoms with Gasteiger partial charge in [0.2, 0.25) is 10.0 Å². The number of sulfonamides is 1. The van der Waals surface area contributed by atoms with Crippen molar-refractivity contribution in [2.75, 3.05) is 11.6 Å². The molecular weight excluding hydrogens is 398 g/mol. The number of nitrogens with zero attached hydrogens (tertiary/aromatic N) is 1. The highest BCUT2D eigenvalue weighted by Gasteiger charge is 2.33. The third-order valence-corrected chi connectivity index (χ3v) is 5.49.